The van der Waals surface area contributed by atoms with Crippen LogP contribution >= 0.6 is 0 Å². The Bertz CT molecular complexity index is 1050. The second kappa shape index (κ2) is 6.56. The maximum Gasteiger partial charge on any atom is 0.285 e. The number of rotatable bonds is 3. The van der Waals surface area contributed by atoms with Gasteiger partial charge >= 0.3 is 0 Å². The van der Waals surface area contributed by atoms with Gasteiger partial charge in [-0.1, -0.05) is 11.2 Å². The topological polar surface area (TPSA) is 85.4 Å². The first-order chi connectivity index (χ1) is 11.8. The van der Waals surface area contributed by atoms with Crippen molar-refractivity contribution >= 4 is 15.6 Å². The number of hydrogen-bond acceptors (Lipinski definition) is 5. The van der Waals surface area contributed by atoms with E-state index in [1.807, 2.05) is 0 Å². The fourth-order valence-electron chi connectivity index (χ4n) is 2.16. The number of aromatic nitrogens is 2. The summed E-state index contributed by atoms with van der Waals surface area (Å²) >= 11 is 0. The summed E-state index contributed by atoms with van der Waals surface area (Å²) in [4.78, 5) is 16.6. The molecule has 1 heterocycles. The summed E-state index contributed by atoms with van der Waals surface area (Å²) < 4.78 is 34.7. The fraction of sp³-hybridized carbons (Fsp3) is 0.118. The van der Waals surface area contributed by atoms with Crippen LogP contribution in [0.1, 0.15) is 16.2 Å². The van der Waals surface area contributed by atoms with Crippen molar-refractivity contribution in [2.75, 3.05) is 6.26 Å². The van der Waals surface area contributed by atoms with Crippen LogP contribution < -0.4 is 0 Å². The predicted octanol–water partition coefficient (Wildman–Crippen LogP) is 3.48. The third-order valence-electron chi connectivity index (χ3n) is 3.41. The minimum absolute atomic E-state index is 0.0495. The first-order valence-corrected chi connectivity index (χ1v) is 9.20. The average molecular weight is 359 g/mol. The number of amides is 1. The van der Waals surface area contributed by atoms with E-state index in [-0.39, 0.29) is 5.56 Å². The highest BCUT2D eigenvalue weighted by atomic mass is 32.2. The van der Waals surface area contributed by atoms with Crippen LogP contribution in [0.3, 0.4) is 0 Å². The number of nitrogens with zero attached hydrogens (tertiary/aromatic N) is 3. The Hall–Kier alpha value is -2.87. The van der Waals surface area contributed by atoms with Gasteiger partial charge in [-0.25, -0.2) is 8.60 Å². The van der Waals surface area contributed by atoms with Gasteiger partial charge in [0.25, 0.3) is 5.91 Å². The van der Waals surface area contributed by atoms with Gasteiger partial charge in [0.05, 0.1) is 9.73 Å². The molecule has 1 amide bonds. The minimum atomic E-state index is -2.98. The SMILES string of the molecule is Cc1nc(-c2ccc(S(C)(=O)=NC(=O)c3cccc(F)c3)cc2)no1. The minimum Gasteiger partial charge on any atom is -0.339 e. The van der Waals surface area contributed by atoms with E-state index in [0.717, 1.165) is 6.07 Å². The third-order valence-corrected chi connectivity index (χ3v) is 5.07. The van der Waals surface area contributed by atoms with E-state index in [2.05, 4.69) is 14.5 Å². The van der Waals surface area contributed by atoms with Crippen LogP contribution in [0, 0.1) is 12.7 Å². The lowest BCUT2D eigenvalue weighted by molar-refractivity contribution is 0.100. The van der Waals surface area contributed by atoms with Crippen molar-refractivity contribution < 1.29 is 17.9 Å². The fourth-order valence-corrected chi connectivity index (χ4v) is 3.33. The van der Waals surface area contributed by atoms with Gasteiger partial charge in [0.1, 0.15) is 5.82 Å². The number of hydrogen-bond donors (Lipinski definition) is 0. The zero-order chi connectivity index (χ0) is 18.0. The van der Waals surface area contributed by atoms with E-state index in [1.54, 1.807) is 31.2 Å². The van der Waals surface area contributed by atoms with Crippen molar-refractivity contribution in [2.45, 2.75) is 11.8 Å². The zero-order valence-electron chi connectivity index (χ0n) is 13.5. The molecule has 0 bridgehead atoms. The Balaban J connectivity index is 1.91. The van der Waals surface area contributed by atoms with E-state index in [4.69, 9.17) is 4.52 Å². The highest BCUT2D eigenvalue weighted by Gasteiger charge is 2.13. The Labute approximate surface area is 143 Å². The molecule has 25 heavy (non-hydrogen) atoms. The summed E-state index contributed by atoms with van der Waals surface area (Å²) in [6, 6.07) is 11.6. The molecule has 0 aliphatic rings. The Morgan fingerprint density at radius 2 is 1.92 bits per heavy atom. The summed E-state index contributed by atoms with van der Waals surface area (Å²) in [6.07, 6.45) is 1.36. The third kappa shape index (κ3) is 3.80. The first kappa shape index (κ1) is 17.0. The average Bonchev–Trinajstić information content (AvgIpc) is 3.01. The maximum absolute atomic E-state index is 13.2. The Morgan fingerprint density at radius 3 is 2.52 bits per heavy atom. The normalized spacial score (nSPS) is 13.2. The van der Waals surface area contributed by atoms with Crippen molar-refractivity contribution in [3.05, 3.63) is 65.8 Å². The van der Waals surface area contributed by atoms with E-state index < -0.39 is 21.5 Å². The molecule has 2 aromatic carbocycles. The molecule has 0 radical (unpaired) electrons. The van der Waals surface area contributed by atoms with Gasteiger partial charge in [-0.15, -0.1) is 0 Å². The van der Waals surface area contributed by atoms with E-state index >= 15 is 0 Å². The van der Waals surface area contributed by atoms with Crippen LogP contribution in [0.2, 0.25) is 0 Å². The van der Waals surface area contributed by atoms with E-state index in [0.29, 0.717) is 22.2 Å². The molecule has 1 atom stereocenters. The van der Waals surface area contributed by atoms with Gasteiger partial charge in [0, 0.05) is 29.2 Å². The number of halogens is 1. The number of benzene rings is 2. The molecule has 6 nitrogen and oxygen atoms in total. The lowest BCUT2D eigenvalue weighted by Gasteiger charge is -2.05. The van der Waals surface area contributed by atoms with Gasteiger partial charge in [-0.3, -0.25) is 4.79 Å². The van der Waals surface area contributed by atoms with Gasteiger partial charge in [-0.2, -0.15) is 9.35 Å². The molecule has 1 aromatic heterocycles. The smallest absolute Gasteiger partial charge is 0.285 e. The van der Waals surface area contributed by atoms with Crippen LogP contribution in [0.15, 0.2) is 62.3 Å². The Morgan fingerprint density at radius 1 is 1.20 bits per heavy atom. The quantitative estimate of drug-likeness (QED) is 0.715. The largest absolute Gasteiger partial charge is 0.339 e. The molecule has 0 aliphatic heterocycles. The highest BCUT2D eigenvalue weighted by Crippen LogP contribution is 2.20. The molecule has 0 N–H and O–H groups in total. The number of carbonyl (C=O) groups is 1. The summed E-state index contributed by atoms with van der Waals surface area (Å²) in [5, 5.41) is 3.80. The lowest BCUT2D eigenvalue weighted by Crippen LogP contribution is -2.04. The molecular formula is C17H14FN3O3S. The van der Waals surface area contributed by atoms with Crippen molar-refractivity contribution in [1.82, 2.24) is 10.1 Å². The van der Waals surface area contributed by atoms with Crippen molar-refractivity contribution in [3.8, 4) is 11.4 Å². The van der Waals surface area contributed by atoms with Gasteiger partial charge in [0.2, 0.25) is 11.7 Å². The maximum atomic E-state index is 13.2. The van der Waals surface area contributed by atoms with Gasteiger partial charge in [0.15, 0.2) is 0 Å². The summed E-state index contributed by atoms with van der Waals surface area (Å²) in [6.45, 7) is 1.68. The van der Waals surface area contributed by atoms with E-state index in [9.17, 15) is 13.4 Å². The second-order valence-corrected chi connectivity index (χ2v) is 7.63. The molecule has 1 unspecified atom stereocenters. The summed E-state index contributed by atoms with van der Waals surface area (Å²) in [5.41, 5.74) is 0.737. The van der Waals surface area contributed by atoms with Crippen molar-refractivity contribution in [1.29, 1.82) is 0 Å². The monoisotopic (exact) mass is 359 g/mol. The second-order valence-electron chi connectivity index (χ2n) is 5.37. The Kier molecular flexibility index (Phi) is 4.45. The molecule has 0 saturated carbocycles. The standard InChI is InChI=1S/C17H14FN3O3S/c1-11-19-16(20-24-11)12-6-8-15(9-7-12)25(2,23)21-17(22)13-4-3-5-14(18)10-13/h3-10H,1-2H3. The number of aryl methyl sites for hydroxylation is 1. The van der Waals surface area contributed by atoms with Crippen molar-refractivity contribution in [2.24, 2.45) is 4.36 Å². The molecule has 0 saturated heterocycles. The van der Waals surface area contributed by atoms with Crippen molar-refractivity contribution in [3.63, 3.8) is 0 Å². The van der Waals surface area contributed by atoms with Crippen LogP contribution in [0.25, 0.3) is 11.4 Å². The molecule has 3 aromatic rings. The predicted molar refractivity (Wildman–Crippen MR) is 90.0 cm³/mol. The molecule has 0 fully saturated rings. The summed E-state index contributed by atoms with van der Waals surface area (Å²) in [5.74, 6) is -0.429. The van der Waals surface area contributed by atoms with E-state index in [1.165, 1.54) is 24.5 Å². The summed E-state index contributed by atoms with van der Waals surface area (Å²) in [7, 11) is -2.98. The van der Waals surface area contributed by atoms with Gasteiger partial charge < -0.3 is 4.52 Å². The van der Waals surface area contributed by atoms with Crippen LogP contribution in [-0.4, -0.2) is 26.5 Å². The molecule has 0 aliphatic carbocycles. The molecule has 128 valence electrons. The van der Waals surface area contributed by atoms with Gasteiger partial charge in [-0.05, 0) is 42.5 Å². The molecule has 8 heteroatoms. The molecular weight excluding hydrogens is 345 g/mol. The van der Waals surface area contributed by atoms with Crippen LogP contribution in [0.5, 0.6) is 0 Å². The first-order valence-electron chi connectivity index (χ1n) is 7.28. The van der Waals surface area contributed by atoms with Crippen LogP contribution in [0.4, 0.5) is 4.39 Å². The molecule has 0 spiro atoms. The zero-order valence-corrected chi connectivity index (χ0v) is 14.3. The number of carbonyl (C=O) groups excluding carboxylic acids is 1. The lowest BCUT2D eigenvalue weighted by atomic mass is 10.2. The molecule has 3 rings (SSSR count). The van der Waals surface area contributed by atoms with Crippen LogP contribution in [-0.2, 0) is 9.73 Å². The highest BCUT2D eigenvalue weighted by molar-refractivity contribution is 7.93.